The molecule has 4 nitrogen and oxygen atoms in total. The lowest BCUT2D eigenvalue weighted by atomic mass is 10.2. The van der Waals surface area contributed by atoms with Gasteiger partial charge in [0.05, 0.1) is 12.2 Å². The van der Waals surface area contributed by atoms with Crippen molar-refractivity contribution in [2.45, 2.75) is 13.3 Å². The molecule has 0 fully saturated rings. The van der Waals surface area contributed by atoms with Crippen molar-refractivity contribution in [3.8, 4) is 0 Å². The summed E-state index contributed by atoms with van der Waals surface area (Å²) in [6.07, 6.45) is -3.21. The summed E-state index contributed by atoms with van der Waals surface area (Å²) in [4.78, 5) is 23.9. The van der Waals surface area contributed by atoms with Gasteiger partial charge in [-0.15, -0.1) is 0 Å². The van der Waals surface area contributed by atoms with Gasteiger partial charge in [0.1, 0.15) is 11.5 Å². The molecule has 88 valence electrons. The van der Waals surface area contributed by atoms with Gasteiger partial charge in [-0.25, -0.2) is 18.0 Å². The first-order valence-electron chi connectivity index (χ1n) is 4.35. The van der Waals surface area contributed by atoms with E-state index in [-0.39, 0.29) is 6.61 Å². The van der Waals surface area contributed by atoms with Crippen LogP contribution >= 0.6 is 0 Å². The second kappa shape index (κ2) is 4.82. The van der Waals surface area contributed by atoms with Crippen LogP contribution in [0.3, 0.4) is 0 Å². The predicted molar refractivity (Wildman–Crippen MR) is 47.9 cm³/mol. The van der Waals surface area contributed by atoms with Gasteiger partial charge in [0, 0.05) is 6.07 Å². The van der Waals surface area contributed by atoms with Crippen LogP contribution in [-0.4, -0.2) is 17.6 Å². The summed E-state index contributed by atoms with van der Waals surface area (Å²) in [5.41, 5.74) is -2.98. The highest BCUT2D eigenvalue weighted by Gasteiger charge is 2.25. The Morgan fingerprint density at radius 3 is 2.69 bits per heavy atom. The summed E-state index contributed by atoms with van der Waals surface area (Å²) in [5, 5.41) is 0. The second-order valence-corrected chi connectivity index (χ2v) is 2.79. The van der Waals surface area contributed by atoms with Gasteiger partial charge in [0.25, 0.3) is 12.0 Å². The Balaban J connectivity index is 3.35. The number of hydrogen-bond donors (Lipinski definition) is 1. The Morgan fingerprint density at radius 2 is 2.19 bits per heavy atom. The molecule has 0 radical (unpaired) electrons. The lowest BCUT2D eigenvalue weighted by molar-refractivity contribution is 0.0505. The molecule has 0 aliphatic heterocycles. The number of ether oxygens (including phenoxy) is 1. The summed E-state index contributed by atoms with van der Waals surface area (Å²) in [5.74, 6) is -2.61. The summed E-state index contributed by atoms with van der Waals surface area (Å²) in [6.45, 7) is 1.39. The number of pyridine rings is 1. The minimum Gasteiger partial charge on any atom is -0.461 e. The van der Waals surface area contributed by atoms with Gasteiger partial charge >= 0.3 is 5.97 Å². The van der Waals surface area contributed by atoms with Crippen LogP contribution in [0.25, 0.3) is 0 Å². The van der Waals surface area contributed by atoms with Crippen LogP contribution in [0.15, 0.2) is 10.9 Å². The van der Waals surface area contributed by atoms with Crippen molar-refractivity contribution in [1.82, 2.24) is 4.98 Å². The molecule has 1 heterocycles. The van der Waals surface area contributed by atoms with Crippen molar-refractivity contribution in [2.75, 3.05) is 6.61 Å². The van der Waals surface area contributed by atoms with Gasteiger partial charge in [-0.2, -0.15) is 0 Å². The van der Waals surface area contributed by atoms with E-state index in [1.807, 2.05) is 4.98 Å². The van der Waals surface area contributed by atoms with Crippen molar-refractivity contribution in [3.05, 3.63) is 33.5 Å². The highest BCUT2D eigenvalue weighted by molar-refractivity contribution is 5.89. The molecule has 0 aromatic carbocycles. The topological polar surface area (TPSA) is 59.2 Å². The van der Waals surface area contributed by atoms with Crippen LogP contribution in [-0.2, 0) is 4.74 Å². The normalized spacial score (nSPS) is 10.6. The van der Waals surface area contributed by atoms with Crippen molar-refractivity contribution >= 4 is 5.97 Å². The molecule has 0 saturated heterocycles. The number of hydrogen-bond acceptors (Lipinski definition) is 3. The van der Waals surface area contributed by atoms with Crippen LogP contribution in [0, 0.1) is 5.82 Å². The molecule has 16 heavy (non-hydrogen) atoms. The molecule has 0 aliphatic carbocycles. The number of carbonyl (C=O) groups excluding carboxylic acids is 1. The van der Waals surface area contributed by atoms with E-state index in [0.717, 1.165) is 0 Å². The van der Waals surface area contributed by atoms with E-state index in [9.17, 15) is 22.8 Å². The van der Waals surface area contributed by atoms with Crippen molar-refractivity contribution in [2.24, 2.45) is 0 Å². The smallest absolute Gasteiger partial charge is 0.355 e. The zero-order chi connectivity index (χ0) is 12.3. The monoisotopic (exact) mass is 235 g/mol. The molecule has 0 spiro atoms. The third kappa shape index (κ3) is 2.41. The number of aromatic nitrogens is 1. The number of rotatable bonds is 3. The third-order valence-corrected chi connectivity index (χ3v) is 1.73. The average Bonchev–Trinajstić information content (AvgIpc) is 2.15. The van der Waals surface area contributed by atoms with Gasteiger partial charge in [-0.05, 0) is 6.92 Å². The first-order valence-corrected chi connectivity index (χ1v) is 4.35. The minimum absolute atomic E-state index is 0.0694. The fraction of sp³-hybridized carbons (Fsp3) is 0.333. The highest BCUT2D eigenvalue weighted by atomic mass is 19.3. The van der Waals surface area contributed by atoms with Crippen LogP contribution in [0.4, 0.5) is 13.2 Å². The molecule has 0 atom stereocenters. The van der Waals surface area contributed by atoms with Crippen molar-refractivity contribution in [3.63, 3.8) is 0 Å². The fourth-order valence-corrected chi connectivity index (χ4v) is 1.12. The molecule has 0 unspecified atom stereocenters. The maximum atomic E-state index is 13.1. The number of halogens is 3. The highest BCUT2D eigenvalue weighted by Crippen LogP contribution is 2.23. The van der Waals surface area contributed by atoms with E-state index in [2.05, 4.69) is 4.74 Å². The molecule has 0 bridgehead atoms. The fourth-order valence-electron chi connectivity index (χ4n) is 1.12. The first kappa shape index (κ1) is 12.3. The van der Waals surface area contributed by atoms with E-state index in [4.69, 9.17) is 0 Å². The molecular weight excluding hydrogens is 227 g/mol. The molecule has 1 N–H and O–H groups in total. The lowest BCUT2D eigenvalue weighted by Crippen LogP contribution is -2.19. The molecule has 0 saturated carbocycles. The van der Waals surface area contributed by atoms with Crippen molar-refractivity contribution in [1.29, 1.82) is 0 Å². The predicted octanol–water partition coefficient (Wildman–Crippen LogP) is 1.63. The number of H-pyrrole nitrogens is 1. The lowest BCUT2D eigenvalue weighted by Gasteiger charge is -2.08. The van der Waals surface area contributed by atoms with Gasteiger partial charge in [0.2, 0.25) is 0 Å². The molecule has 0 amide bonds. The Labute approximate surface area is 88.0 Å². The SMILES string of the molecule is CCOC(=O)c1[nH]c(=O)cc(F)c1C(F)F. The number of nitrogens with one attached hydrogen (secondary N) is 1. The van der Waals surface area contributed by atoms with Crippen molar-refractivity contribution < 1.29 is 22.7 Å². The average molecular weight is 235 g/mol. The third-order valence-electron chi connectivity index (χ3n) is 1.73. The second-order valence-electron chi connectivity index (χ2n) is 2.79. The van der Waals surface area contributed by atoms with E-state index >= 15 is 0 Å². The molecule has 1 aromatic rings. The summed E-state index contributed by atoms with van der Waals surface area (Å²) in [7, 11) is 0. The first-order chi connectivity index (χ1) is 7.47. The van der Waals surface area contributed by atoms with E-state index in [1.54, 1.807) is 0 Å². The summed E-state index contributed by atoms with van der Waals surface area (Å²) < 4.78 is 42.4. The summed E-state index contributed by atoms with van der Waals surface area (Å²) >= 11 is 0. The molecular formula is C9H8F3NO3. The summed E-state index contributed by atoms with van der Waals surface area (Å²) in [6, 6.07) is 0.351. The van der Waals surface area contributed by atoms with Gasteiger partial charge in [-0.1, -0.05) is 0 Å². The van der Waals surface area contributed by atoms with Crippen LogP contribution in [0.2, 0.25) is 0 Å². The van der Waals surface area contributed by atoms with Crippen LogP contribution in [0.1, 0.15) is 29.4 Å². The Hall–Kier alpha value is -1.79. The Kier molecular flexibility index (Phi) is 3.70. The maximum Gasteiger partial charge on any atom is 0.355 e. The molecule has 1 rings (SSSR count). The zero-order valence-corrected chi connectivity index (χ0v) is 8.22. The van der Waals surface area contributed by atoms with E-state index in [0.29, 0.717) is 6.07 Å². The van der Waals surface area contributed by atoms with Gasteiger partial charge in [-0.3, -0.25) is 4.79 Å². The number of aromatic amines is 1. The standard InChI is InChI=1S/C9H8F3NO3/c1-2-16-9(15)7-6(8(11)12)4(10)3-5(14)13-7/h3,8H,2H2,1H3,(H,13,14). The minimum atomic E-state index is -3.21. The largest absolute Gasteiger partial charge is 0.461 e. The number of alkyl halides is 2. The van der Waals surface area contributed by atoms with Gasteiger partial charge in [0.15, 0.2) is 0 Å². The zero-order valence-electron chi connectivity index (χ0n) is 8.22. The molecule has 1 aromatic heterocycles. The quantitative estimate of drug-likeness (QED) is 0.810. The Bertz CT molecular complexity index is 456. The molecule has 0 aliphatic rings. The number of carbonyl (C=O) groups is 1. The van der Waals surface area contributed by atoms with E-state index < -0.39 is 35.0 Å². The van der Waals surface area contributed by atoms with E-state index in [1.165, 1.54) is 6.92 Å². The van der Waals surface area contributed by atoms with Gasteiger partial charge < -0.3 is 9.72 Å². The maximum absolute atomic E-state index is 13.1. The molecule has 7 heteroatoms. The number of esters is 1. The van der Waals surface area contributed by atoms with Crippen LogP contribution < -0.4 is 5.56 Å². The van der Waals surface area contributed by atoms with Crippen LogP contribution in [0.5, 0.6) is 0 Å². The Morgan fingerprint density at radius 1 is 1.56 bits per heavy atom.